The Hall–Kier alpha value is -2.27. The minimum atomic E-state index is -6.04. The van der Waals surface area contributed by atoms with E-state index in [9.17, 15) is 34.8 Å². The molecule has 0 aliphatic carbocycles. The smallest absolute Gasteiger partial charge is 0.351 e. The van der Waals surface area contributed by atoms with Gasteiger partial charge in [0.05, 0.1) is 4.90 Å². The van der Waals surface area contributed by atoms with Crippen molar-refractivity contribution in [3.05, 3.63) is 60.2 Å². The van der Waals surface area contributed by atoms with Crippen LogP contribution >= 0.6 is 0 Å². The Balaban J connectivity index is 2.62. The fraction of sp³-hybridized carbons (Fsp3) is 0.250. The molecule has 0 atom stereocenters. The normalized spacial score (nSPS) is 13.4. The number of halogens is 6. The quantitative estimate of drug-likeness (QED) is 0.572. The van der Waals surface area contributed by atoms with Gasteiger partial charge in [-0.25, -0.2) is 8.42 Å². The van der Waals surface area contributed by atoms with Crippen molar-refractivity contribution in [1.29, 1.82) is 0 Å². The van der Waals surface area contributed by atoms with Crippen LogP contribution in [-0.2, 0) is 10.0 Å². The van der Waals surface area contributed by atoms with Crippen LogP contribution in [0.1, 0.15) is 5.56 Å². The van der Waals surface area contributed by atoms with E-state index in [1.54, 1.807) is 0 Å². The Bertz CT molecular complexity index is 881. The summed E-state index contributed by atoms with van der Waals surface area (Å²) in [5, 5.41) is 1.30. The van der Waals surface area contributed by atoms with E-state index in [1.165, 1.54) is 42.6 Å². The molecule has 0 spiro atoms. The zero-order valence-corrected chi connectivity index (χ0v) is 14.5. The van der Waals surface area contributed by atoms with Gasteiger partial charge in [-0.2, -0.15) is 31.1 Å². The van der Waals surface area contributed by atoms with E-state index in [1.807, 2.05) is 0 Å². The first-order valence-corrected chi connectivity index (χ1v) is 8.84. The molecule has 0 saturated carbocycles. The second kappa shape index (κ2) is 7.04. The Morgan fingerprint density at radius 2 is 1.37 bits per heavy atom. The first kappa shape index (κ1) is 21.0. The zero-order chi connectivity index (χ0) is 20.5. The predicted molar refractivity (Wildman–Crippen MR) is 86.4 cm³/mol. The minimum absolute atomic E-state index is 0.379. The number of hydrogen-bond acceptors (Lipinski definition) is 3. The molecule has 0 aliphatic heterocycles. The molecule has 0 unspecified atom stereocenters. The molecule has 2 aromatic rings. The Morgan fingerprint density at radius 1 is 0.815 bits per heavy atom. The lowest BCUT2D eigenvalue weighted by molar-refractivity contribution is -0.291. The molecule has 0 bridgehead atoms. The molecule has 0 saturated heterocycles. The number of alkyl halides is 6. The van der Waals surface area contributed by atoms with E-state index in [-0.39, 0.29) is 0 Å². The number of sulfonamides is 1. The summed E-state index contributed by atoms with van der Waals surface area (Å²) in [5.41, 5.74) is -5.10. The lowest BCUT2D eigenvalue weighted by atomic mass is 10.1. The summed E-state index contributed by atoms with van der Waals surface area (Å²) in [6.45, 7) is 1.46. The van der Waals surface area contributed by atoms with Crippen LogP contribution in [0.4, 0.5) is 32.0 Å². The van der Waals surface area contributed by atoms with Crippen LogP contribution in [-0.4, -0.2) is 26.4 Å². The molecule has 0 aromatic heterocycles. The SMILES string of the molecule is Cc1cccc(NC(NS(=O)(=O)c2ccccc2)(C(F)(F)F)C(F)(F)F)c1. The molecule has 27 heavy (non-hydrogen) atoms. The van der Waals surface area contributed by atoms with Crippen molar-refractivity contribution in [3.8, 4) is 0 Å². The summed E-state index contributed by atoms with van der Waals surface area (Å²) in [5.74, 6) is 0. The van der Waals surface area contributed by atoms with E-state index in [4.69, 9.17) is 0 Å². The van der Waals surface area contributed by atoms with Gasteiger partial charge in [0.25, 0.3) is 5.66 Å². The Labute approximate surface area is 151 Å². The third-order valence-electron chi connectivity index (χ3n) is 3.54. The number of rotatable bonds is 5. The molecule has 2 rings (SSSR count). The molecule has 11 heteroatoms. The van der Waals surface area contributed by atoms with Gasteiger partial charge in [-0.05, 0) is 36.8 Å². The lowest BCUT2D eigenvalue weighted by Crippen LogP contribution is -2.72. The second-order valence-electron chi connectivity index (χ2n) is 5.66. The molecule has 2 N–H and O–H groups in total. The molecular weight excluding hydrogens is 398 g/mol. The maximum atomic E-state index is 13.6. The van der Waals surface area contributed by atoms with Crippen LogP contribution in [0.5, 0.6) is 0 Å². The van der Waals surface area contributed by atoms with E-state index in [0.717, 1.165) is 29.0 Å². The fourth-order valence-corrected chi connectivity index (χ4v) is 3.56. The van der Waals surface area contributed by atoms with Crippen LogP contribution in [0.25, 0.3) is 0 Å². The van der Waals surface area contributed by atoms with Crippen molar-refractivity contribution >= 4 is 15.7 Å². The largest absolute Gasteiger partial charge is 0.435 e. The molecule has 148 valence electrons. The van der Waals surface area contributed by atoms with Gasteiger partial charge in [-0.3, -0.25) is 0 Å². The van der Waals surface area contributed by atoms with E-state index in [2.05, 4.69) is 0 Å². The van der Waals surface area contributed by atoms with Gasteiger partial charge in [0, 0.05) is 5.69 Å². The second-order valence-corrected chi connectivity index (χ2v) is 7.34. The standard InChI is InChI=1S/C16H14F6N2O2S/c1-11-6-5-7-12(10-11)23-14(15(17,18)19,16(20,21)22)24-27(25,26)13-8-3-2-4-9-13/h2-10,23-24H,1H3. The van der Waals surface area contributed by atoms with Crippen LogP contribution in [0.15, 0.2) is 59.5 Å². The summed E-state index contributed by atoms with van der Waals surface area (Å²) in [4.78, 5) is -0.742. The first-order chi connectivity index (χ1) is 12.3. The number of nitrogens with one attached hydrogen (secondary N) is 2. The summed E-state index contributed by atoms with van der Waals surface area (Å²) < 4.78 is 107. The molecule has 0 fully saturated rings. The first-order valence-electron chi connectivity index (χ1n) is 7.36. The maximum Gasteiger partial charge on any atom is 0.435 e. The summed E-state index contributed by atoms with van der Waals surface area (Å²) >= 11 is 0. The van der Waals surface area contributed by atoms with Crippen LogP contribution in [0, 0.1) is 6.92 Å². The van der Waals surface area contributed by atoms with Crippen molar-refractivity contribution in [2.45, 2.75) is 29.8 Å². The molecule has 4 nitrogen and oxygen atoms in total. The fourth-order valence-electron chi connectivity index (χ4n) is 2.24. The predicted octanol–water partition coefficient (Wildman–Crippen LogP) is 4.21. The molecule has 0 aliphatic rings. The average molecular weight is 412 g/mol. The highest BCUT2D eigenvalue weighted by molar-refractivity contribution is 7.89. The van der Waals surface area contributed by atoms with Crippen molar-refractivity contribution in [1.82, 2.24) is 4.72 Å². The lowest BCUT2D eigenvalue weighted by Gasteiger charge is -2.38. The molecular formula is C16H14F6N2O2S. The summed E-state index contributed by atoms with van der Waals surface area (Å²) in [6.07, 6.45) is -12.1. The molecule has 2 aromatic carbocycles. The highest BCUT2D eigenvalue weighted by Crippen LogP contribution is 2.44. The minimum Gasteiger partial charge on any atom is -0.351 e. The number of aryl methyl sites for hydroxylation is 1. The topological polar surface area (TPSA) is 58.2 Å². The van der Waals surface area contributed by atoms with Gasteiger partial charge < -0.3 is 5.32 Å². The van der Waals surface area contributed by atoms with Crippen molar-refractivity contribution < 1.29 is 34.8 Å². The number of benzene rings is 2. The molecule has 0 heterocycles. The van der Waals surface area contributed by atoms with Crippen LogP contribution in [0.2, 0.25) is 0 Å². The third-order valence-corrected chi connectivity index (χ3v) is 5.01. The number of hydrogen-bond donors (Lipinski definition) is 2. The monoisotopic (exact) mass is 412 g/mol. The van der Waals surface area contributed by atoms with E-state index < -0.39 is 38.6 Å². The zero-order valence-electron chi connectivity index (χ0n) is 13.7. The van der Waals surface area contributed by atoms with Crippen LogP contribution in [0.3, 0.4) is 0 Å². The molecule has 0 amide bonds. The van der Waals surface area contributed by atoms with Gasteiger partial charge in [0.15, 0.2) is 0 Å². The van der Waals surface area contributed by atoms with Crippen molar-refractivity contribution in [2.24, 2.45) is 0 Å². The number of anilines is 1. The highest BCUT2D eigenvalue weighted by atomic mass is 32.2. The van der Waals surface area contributed by atoms with Gasteiger partial charge >= 0.3 is 12.4 Å². The van der Waals surface area contributed by atoms with E-state index in [0.29, 0.717) is 5.56 Å². The maximum absolute atomic E-state index is 13.6. The Kier molecular flexibility index (Phi) is 5.48. The van der Waals surface area contributed by atoms with Gasteiger partial charge in [0.2, 0.25) is 10.0 Å². The summed E-state index contributed by atoms with van der Waals surface area (Å²) in [7, 11) is -5.17. The van der Waals surface area contributed by atoms with Gasteiger partial charge in [-0.1, -0.05) is 30.3 Å². The van der Waals surface area contributed by atoms with Gasteiger partial charge in [0.1, 0.15) is 0 Å². The summed E-state index contributed by atoms with van der Waals surface area (Å²) in [6, 6.07) is 10.2. The van der Waals surface area contributed by atoms with Crippen molar-refractivity contribution in [2.75, 3.05) is 5.32 Å². The highest BCUT2D eigenvalue weighted by Gasteiger charge is 2.73. The van der Waals surface area contributed by atoms with E-state index >= 15 is 0 Å². The van der Waals surface area contributed by atoms with Gasteiger partial charge in [-0.15, -0.1) is 0 Å². The third kappa shape index (κ3) is 4.35. The van der Waals surface area contributed by atoms with Crippen molar-refractivity contribution in [3.63, 3.8) is 0 Å². The average Bonchev–Trinajstić information content (AvgIpc) is 2.53. The molecule has 0 radical (unpaired) electrons. The Morgan fingerprint density at radius 3 is 1.85 bits per heavy atom. The van der Waals surface area contributed by atoms with Crippen LogP contribution < -0.4 is 10.0 Å².